The zero-order valence-electron chi connectivity index (χ0n) is 11.4. The molecule has 1 atom stereocenters. The highest BCUT2D eigenvalue weighted by molar-refractivity contribution is 5.22. The summed E-state index contributed by atoms with van der Waals surface area (Å²) in [7, 11) is 0. The maximum Gasteiger partial charge on any atom is 0.131 e. The topological polar surface area (TPSA) is 29.9 Å². The molecule has 0 saturated carbocycles. The Hall–Kier alpha value is -1.75. The van der Waals surface area contributed by atoms with Crippen molar-refractivity contribution >= 4 is 0 Å². The molecule has 0 spiro atoms. The van der Waals surface area contributed by atoms with Gasteiger partial charge in [0.1, 0.15) is 11.6 Å². The molecule has 5 heteroatoms. The first-order chi connectivity index (χ1) is 9.58. The van der Waals surface area contributed by atoms with Crippen LogP contribution in [0.1, 0.15) is 24.6 Å². The summed E-state index contributed by atoms with van der Waals surface area (Å²) in [5.41, 5.74) is 1.58. The van der Waals surface area contributed by atoms with Crippen molar-refractivity contribution in [2.45, 2.75) is 25.3 Å². The monoisotopic (exact) mass is 277 g/mol. The predicted octanol–water partition coefficient (Wildman–Crippen LogP) is 2.46. The molecule has 0 bridgehead atoms. The number of nitrogens with one attached hydrogen (secondary N) is 1. The molecule has 3 nitrogen and oxygen atoms in total. The molecular weight excluding hydrogens is 260 g/mol. The molecule has 1 fully saturated rings. The van der Waals surface area contributed by atoms with Crippen LogP contribution < -0.4 is 5.32 Å². The second-order valence-corrected chi connectivity index (χ2v) is 5.63. The maximum absolute atomic E-state index is 13.8. The van der Waals surface area contributed by atoms with Gasteiger partial charge in [-0.3, -0.25) is 0 Å². The molecule has 20 heavy (non-hydrogen) atoms. The van der Waals surface area contributed by atoms with Crippen molar-refractivity contribution in [2.24, 2.45) is 0 Å². The minimum absolute atomic E-state index is 0.0208. The van der Waals surface area contributed by atoms with Gasteiger partial charge in [0.15, 0.2) is 0 Å². The van der Waals surface area contributed by atoms with Crippen molar-refractivity contribution < 1.29 is 8.78 Å². The molecule has 3 rings (SSSR count). The van der Waals surface area contributed by atoms with Gasteiger partial charge in [0.2, 0.25) is 0 Å². The molecule has 106 valence electrons. The lowest BCUT2D eigenvalue weighted by Gasteiger charge is -2.24. The Morgan fingerprint density at radius 3 is 2.95 bits per heavy atom. The third kappa shape index (κ3) is 2.33. The molecule has 1 aliphatic heterocycles. The average molecular weight is 277 g/mol. The van der Waals surface area contributed by atoms with E-state index in [1.807, 2.05) is 10.8 Å². The molecule has 1 saturated heterocycles. The lowest BCUT2D eigenvalue weighted by molar-refractivity contribution is 0.477. The molecule has 1 N–H and O–H groups in total. The Morgan fingerprint density at radius 1 is 1.40 bits per heavy atom. The van der Waals surface area contributed by atoms with Crippen molar-refractivity contribution in [1.29, 1.82) is 0 Å². The van der Waals surface area contributed by atoms with E-state index in [1.165, 1.54) is 12.1 Å². The number of rotatable bonds is 3. The number of imidazole rings is 1. The van der Waals surface area contributed by atoms with Crippen LogP contribution in [0.3, 0.4) is 0 Å². The largest absolute Gasteiger partial charge is 0.329 e. The quantitative estimate of drug-likeness (QED) is 0.934. The van der Waals surface area contributed by atoms with Crippen molar-refractivity contribution in [1.82, 2.24) is 14.9 Å². The van der Waals surface area contributed by atoms with E-state index in [4.69, 9.17) is 0 Å². The SMILES string of the molecule is CC1(c2cncn2Cc2ccc(F)cc2F)CCNC1. The van der Waals surface area contributed by atoms with E-state index >= 15 is 0 Å². The van der Waals surface area contributed by atoms with Crippen LogP contribution in [-0.2, 0) is 12.0 Å². The van der Waals surface area contributed by atoms with Gasteiger partial charge in [-0.25, -0.2) is 13.8 Å². The summed E-state index contributed by atoms with van der Waals surface area (Å²) in [6.45, 7) is 4.43. The zero-order valence-corrected chi connectivity index (χ0v) is 11.4. The Labute approximate surface area is 116 Å². The highest BCUT2D eigenvalue weighted by Gasteiger charge is 2.33. The fraction of sp³-hybridized carbons (Fsp3) is 0.400. The minimum Gasteiger partial charge on any atom is -0.329 e. The van der Waals surface area contributed by atoms with Gasteiger partial charge < -0.3 is 9.88 Å². The van der Waals surface area contributed by atoms with E-state index in [1.54, 1.807) is 6.33 Å². The molecule has 1 aliphatic rings. The molecule has 0 amide bonds. The van der Waals surface area contributed by atoms with E-state index in [2.05, 4.69) is 17.2 Å². The third-order valence-electron chi connectivity index (χ3n) is 4.06. The van der Waals surface area contributed by atoms with E-state index in [-0.39, 0.29) is 5.41 Å². The molecule has 1 aromatic heterocycles. The van der Waals surface area contributed by atoms with Crippen molar-refractivity contribution in [3.8, 4) is 0 Å². The van der Waals surface area contributed by atoms with Gasteiger partial charge in [0.25, 0.3) is 0 Å². The average Bonchev–Trinajstić information content (AvgIpc) is 3.02. The van der Waals surface area contributed by atoms with E-state index < -0.39 is 11.6 Å². The van der Waals surface area contributed by atoms with E-state index in [0.717, 1.165) is 31.3 Å². The van der Waals surface area contributed by atoms with Gasteiger partial charge >= 0.3 is 0 Å². The van der Waals surface area contributed by atoms with Crippen LogP contribution in [-0.4, -0.2) is 22.6 Å². The first-order valence-corrected chi connectivity index (χ1v) is 6.74. The number of aromatic nitrogens is 2. The minimum atomic E-state index is -0.552. The Bertz CT molecular complexity index is 615. The summed E-state index contributed by atoms with van der Waals surface area (Å²) < 4.78 is 28.7. The molecule has 0 aliphatic carbocycles. The van der Waals surface area contributed by atoms with Crippen molar-refractivity contribution in [3.05, 3.63) is 53.6 Å². The van der Waals surface area contributed by atoms with Crippen LogP contribution >= 0.6 is 0 Å². The summed E-state index contributed by atoms with van der Waals surface area (Å²) in [6.07, 6.45) is 4.58. The van der Waals surface area contributed by atoms with Crippen molar-refractivity contribution in [2.75, 3.05) is 13.1 Å². The normalized spacial score (nSPS) is 22.4. The third-order valence-corrected chi connectivity index (χ3v) is 4.06. The predicted molar refractivity (Wildman–Crippen MR) is 72.5 cm³/mol. The van der Waals surface area contributed by atoms with Crippen LogP contribution in [0.4, 0.5) is 8.78 Å². The standard InChI is InChI=1S/C15H17F2N3/c1-15(4-5-18-9-15)14-7-19-10-20(14)8-11-2-3-12(16)6-13(11)17/h2-3,6-7,10,18H,4-5,8-9H2,1H3. The summed E-state index contributed by atoms with van der Waals surface area (Å²) in [5, 5.41) is 3.35. The van der Waals surface area contributed by atoms with Gasteiger partial charge in [-0.2, -0.15) is 0 Å². The number of nitrogens with zero attached hydrogens (tertiary/aromatic N) is 2. The summed E-state index contributed by atoms with van der Waals surface area (Å²) >= 11 is 0. The number of halogens is 2. The van der Waals surface area contributed by atoms with Crippen LogP contribution in [0.5, 0.6) is 0 Å². The van der Waals surface area contributed by atoms with Crippen LogP contribution in [0, 0.1) is 11.6 Å². The van der Waals surface area contributed by atoms with E-state index in [0.29, 0.717) is 12.1 Å². The Kier molecular flexibility index (Phi) is 3.30. The second-order valence-electron chi connectivity index (χ2n) is 5.63. The molecule has 2 aromatic rings. The molecular formula is C15H17F2N3. The molecule has 0 radical (unpaired) electrons. The maximum atomic E-state index is 13.8. The number of hydrogen-bond donors (Lipinski definition) is 1. The second kappa shape index (κ2) is 4.98. The fourth-order valence-electron chi connectivity index (χ4n) is 2.82. The Morgan fingerprint density at radius 2 is 2.25 bits per heavy atom. The summed E-state index contributed by atoms with van der Waals surface area (Å²) in [6, 6.07) is 3.70. The number of hydrogen-bond acceptors (Lipinski definition) is 2. The molecule has 1 unspecified atom stereocenters. The van der Waals surface area contributed by atoms with Gasteiger partial charge in [0, 0.05) is 35.5 Å². The van der Waals surface area contributed by atoms with Crippen molar-refractivity contribution in [3.63, 3.8) is 0 Å². The van der Waals surface area contributed by atoms with Gasteiger partial charge in [0.05, 0.1) is 12.9 Å². The molecule has 2 heterocycles. The highest BCUT2D eigenvalue weighted by atomic mass is 19.1. The first kappa shape index (κ1) is 13.2. The zero-order chi connectivity index (χ0) is 14.2. The van der Waals surface area contributed by atoms with Crippen LogP contribution in [0.15, 0.2) is 30.7 Å². The smallest absolute Gasteiger partial charge is 0.131 e. The van der Waals surface area contributed by atoms with Crippen LogP contribution in [0.2, 0.25) is 0 Å². The summed E-state index contributed by atoms with van der Waals surface area (Å²) in [4.78, 5) is 4.19. The van der Waals surface area contributed by atoms with Crippen LogP contribution in [0.25, 0.3) is 0 Å². The fourth-order valence-corrected chi connectivity index (χ4v) is 2.82. The molecule has 1 aromatic carbocycles. The van der Waals surface area contributed by atoms with Gasteiger partial charge in [-0.15, -0.1) is 0 Å². The highest BCUT2D eigenvalue weighted by Crippen LogP contribution is 2.30. The van der Waals surface area contributed by atoms with E-state index in [9.17, 15) is 8.78 Å². The van der Waals surface area contributed by atoms with Gasteiger partial charge in [-0.1, -0.05) is 13.0 Å². The summed E-state index contributed by atoms with van der Waals surface area (Å²) in [5.74, 6) is -1.07. The first-order valence-electron chi connectivity index (χ1n) is 6.74. The lowest BCUT2D eigenvalue weighted by atomic mass is 9.86. The Balaban J connectivity index is 1.90. The van der Waals surface area contributed by atoms with Gasteiger partial charge in [-0.05, 0) is 19.0 Å². The lowest BCUT2D eigenvalue weighted by Crippen LogP contribution is -2.28. The number of benzene rings is 1.